The van der Waals surface area contributed by atoms with Crippen molar-refractivity contribution in [1.29, 1.82) is 5.26 Å². The van der Waals surface area contributed by atoms with Crippen LogP contribution in [0.15, 0.2) is 34.7 Å². The van der Waals surface area contributed by atoms with Crippen molar-refractivity contribution in [2.75, 3.05) is 6.26 Å². The number of benzene rings is 1. The number of allylic oxidation sites excluding steroid dienone is 2. The highest BCUT2D eigenvalue weighted by molar-refractivity contribution is 8.02. The summed E-state index contributed by atoms with van der Waals surface area (Å²) < 4.78 is 0. The minimum absolute atomic E-state index is 0.0104. The number of nitrogens with zero attached hydrogens (tertiary/aromatic N) is 1. The van der Waals surface area contributed by atoms with Gasteiger partial charge in [-0.1, -0.05) is 24.3 Å². The maximum atomic E-state index is 11.9. The number of Topliss-reactive ketones (excluding diaryl/α,β-unsaturated/α-hetero) is 2. The number of fused-ring (bicyclic) bond motifs is 1. The Hall–Kier alpha value is -1.86. The first-order valence-electron chi connectivity index (χ1n) is 4.57. The summed E-state index contributed by atoms with van der Waals surface area (Å²) in [6.45, 7) is 0. The smallest absolute Gasteiger partial charge is 0.199 e. The zero-order chi connectivity index (χ0) is 11.7. The summed E-state index contributed by atoms with van der Waals surface area (Å²) in [5, 5.41) is 8.87. The van der Waals surface area contributed by atoms with Crippen LogP contribution in [0.3, 0.4) is 0 Å². The van der Waals surface area contributed by atoms with Gasteiger partial charge in [-0.3, -0.25) is 9.59 Å². The maximum Gasteiger partial charge on any atom is 0.199 e. The van der Waals surface area contributed by atoms with Crippen LogP contribution in [0.4, 0.5) is 0 Å². The van der Waals surface area contributed by atoms with E-state index in [4.69, 9.17) is 5.26 Å². The van der Waals surface area contributed by atoms with E-state index in [1.165, 1.54) is 0 Å². The normalized spacial score (nSPS) is 13.6. The molecule has 0 unspecified atom stereocenters. The topological polar surface area (TPSA) is 57.9 Å². The Labute approximate surface area is 96.8 Å². The van der Waals surface area contributed by atoms with Crippen molar-refractivity contribution < 1.29 is 9.59 Å². The van der Waals surface area contributed by atoms with Crippen LogP contribution in [0.25, 0.3) is 0 Å². The second kappa shape index (κ2) is 3.95. The lowest BCUT2D eigenvalue weighted by molar-refractivity contribution is 0.0988. The van der Waals surface area contributed by atoms with E-state index in [0.717, 1.165) is 11.8 Å². The Morgan fingerprint density at radius 3 is 2.06 bits per heavy atom. The zero-order valence-corrected chi connectivity index (χ0v) is 9.30. The predicted octanol–water partition coefficient (Wildman–Crippen LogP) is 2.21. The first-order valence-corrected chi connectivity index (χ1v) is 5.80. The molecule has 0 heterocycles. The summed E-state index contributed by atoms with van der Waals surface area (Å²) >= 11 is 1.12. The van der Waals surface area contributed by atoms with E-state index in [2.05, 4.69) is 0 Å². The minimum Gasteiger partial charge on any atom is -0.288 e. The highest BCUT2D eigenvalue weighted by Crippen LogP contribution is 2.30. The lowest BCUT2D eigenvalue weighted by Gasteiger charge is -1.95. The molecule has 0 aliphatic heterocycles. The van der Waals surface area contributed by atoms with Gasteiger partial charge in [-0.05, 0) is 6.26 Å². The van der Waals surface area contributed by atoms with Crippen molar-refractivity contribution in [3.8, 4) is 6.07 Å². The summed E-state index contributed by atoms with van der Waals surface area (Å²) in [5.41, 5.74) is 0.796. The molecule has 0 spiro atoms. The predicted molar refractivity (Wildman–Crippen MR) is 61.3 cm³/mol. The molecule has 16 heavy (non-hydrogen) atoms. The average Bonchev–Trinajstić information content (AvgIpc) is 2.57. The van der Waals surface area contributed by atoms with Gasteiger partial charge in [0.1, 0.15) is 6.07 Å². The van der Waals surface area contributed by atoms with Crippen molar-refractivity contribution in [3.05, 3.63) is 45.9 Å². The van der Waals surface area contributed by atoms with Gasteiger partial charge in [0.2, 0.25) is 0 Å². The highest BCUT2D eigenvalue weighted by atomic mass is 32.2. The molecule has 0 amide bonds. The molecule has 0 fully saturated rings. The fourth-order valence-electron chi connectivity index (χ4n) is 1.66. The summed E-state index contributed by atoms with van der Waals surface area (Å²) in [6, 6.07) is 8.52. The molecule has 0 aromatic heterocycles. The summed E-state index contributed by atoms with van der Waals surface area (Å²) in [4.78, 5) is 24.0. The third-order valence-electron chi connectivity index (χ3n) is 2.40. The molecule has 0 saturated heterocycles. The monoisotopic (exact) mass is 229 g/mol. The number of hydrogen-bond donors (Lipinski definition) is 0. The van der Waals surface area contributed by atoms with Gasteiger partial charge in [0.15, 0.2) is 11.6 Å². The van der Waals surface area contributed by atoms with Crippen LogP contribution in [-0.2, 0) is 0 Å². The molecular formula is C12H7NO2S. The number of rotatable bonds is 1. The molecule has 4 heteroatoms. The third-order valence-corrected chi connectivity index (χ3v) is 3.11. The van der Waals surface area contributed by atoms with Crippen molar-refractivity contribution in [3.63, 3.8) is 0 Å². The van der Waals surface area contributed by atoms with Crippen LogP contribution in [0.2, 0.25) is 0 Å². The first-order chi connectivity index (χ1) is 7.70. The lowest BCUT2D eigenvalue weighted by atomic mass is 10.1. The Kier molecular flexibility index (Phi) is 2.63. The first kappa shape index (κ1) is 10.7. The lowest BCUT2D eigenvalue weighted by Crippen LogP contribution is -2.03. The Balaban J connectivity index is 2.69. The van der Waals surface area contributed by atoms with E-state index in [0.29, 0.717) is 11.1 Å². The number of hydrogen-bond acceptors (Lipinski definition) is 4. The second-order valence-electron chi connectivity index (χ2n) is 3.22. The number of ketones is 2. The van der Waals surface area contributed by atoms with E-state index >= 15 is 0 Å². The van der Waals surface area contributed by atoms with Gasteiger partial charge < -0.3 is 0 Å². The molecule has 1 aliphatic carbocycles. The number of thioether (sulfide) groups is 1. The quantitative estimate of drug-likeness (QED) is 0.421. The van der Waals surface area contributed by atoms with E-state index in [1.807, 2.05) is 6.07 Å². The van der Waals surface area contributed by atoms with E-state index in [1.54, 1.807) is 30.5 Å². The Morgan fingerprint density at radius 2 is 1.69 bits per heavy atom. The van der Waals surface area contributed by atoms with Crippen molar-refractivity contribution in [2.24, 2.45) is 0 Å². The second-order valence-corrected chi connectivity index (χ2v) is 4.04. The van der Waals surface area contributed by atoms with Gasteiger partial charge in [0.25, 0.3) is 0 Å². The molecule has 0 N–H and O–H groups in total. The van der Waals surface area contributed by atoms with Crippen LogP contribution in [0.1, 0.15) is 20.7 Å². The number of carbonyl (C=O) groups is 2. The summed E-state index contributed by atoms with van der Waals surface area (Å²) in [6.07, 6.45) is 1.68. The molecular weight excluding hydrogens is 222 g/mol. The molecule has 0 atom stereocenters. The molecule has 0 saturated carbocycles. The molecule has 2 rings (SSSR count). The standard InChI is InChI=1S/C12H7NO2S/c1-16-9(6-13)10-11(14)7-4-2-3-5-8(7)12(10)15/h2-5H,1H3. The summed E-state index contributed by atoms with van der Waals surface area (Å²) in [7, 11) is 0. The van der Waals surface area contributed by atoms with Gasteiger partial charge in [-0.15, -0.1) is 11.8 Å². The van der Waals surface area contributed by atoms with Crippen molar-refractivity contribution >= 4 is 23.3 Å². The SMILES string of the molecule is CSC(C#N)=C1C(=O)c2ccccc2C1=O. The van der Waals surface area contributed by atoms with Crippen LogP contribution in [-0.4, -0.2) is 17.8 Å². The largest absolute Gasteiger partial charge is 0.288 e. The minimum atomic E-state index is -0.341. The van der Waals surface area contributed by atoms with Crippen molar-refractivity contribution in [2.45, 2.75) is 0 Å². The van der Waals surface area contributed by atoms with Crippen LogP contribution < -0.4 is 0 Å². The molecule has 0 bridgehead atoms. The van der Waals surface area contributed by atoms with Gasteiger partial charge in [-0.2, -0.15) is 5.26 Å². The Morgan fingerprint density at radius 1 is 1.19 bits per heavy atom. The Bertz CT molecular complexity index is 530. The number of nitriles is 1. The maximum absolute atomic E-state index is 11.9. The van der Waals surface area contributed by atoms with Gasteiger partial charge in [0.05, 0.1) is 10.5 Å². The molecule has 1 aromatic rings. The van der Waals surface area contributed by atoms with E-state index < -0.39 is 0 Å². The molecule has 1 aliphatic rings. The average molecular weight is 229 g/mol. The zero-order valence-electron chi connectivity index (χ0n) is 8.48. The van der Waals surface area contributed by atoms with Gasteiger partial charge in [-0.25, -0.2) is 0 Å². The molecule has 1 aromatic carbocycles. The fraction of sp³-hybridized carbons (Fsp3) is 0.0833. The van der Waals surface area contributed by atoms with Crippen LogP contribution >= 0.6 is 11.8 Å². The molecule has 3 nitrogen and oxygen atoms in total. The molecule has 0 radical (unpaired) electrons. The summed E-state index contributed by atoms with van der Waals surface area (Å²) in [5.74, 6) is -0.682. The van der Waals surface area contributed by atoms with Gasteiger partial charge in [0, 0.05) is 11.1 Å². The highest BCUT2D eigenvalue weighted by Gasteiger charge is 2.35. The van der Waals surface area contributed by atoms with E-state index in [-0.39, 0.29) is 22.0 Å². The van der Waals surface area contributed by atoms with Crippen LogP contribution in [0, 0.1) is 11.3 Å². The number of carbonyl (C=O) groups excluding carboxylic acids is 2. The van der Waals surface area contributed by atoms with Crippen molar-refractivity contribution in [1.82, 2.24) is 0 Å². The molecule has 78 valence electrons. The van der Waals surface area contributed by atoms with E-state index in [9.17, 15) is 9.59 Å². The fourth-order valence-corrected chi connectivity index (χ4v) is 2.14. The van der Waals surface area contributed by atoms with Crippen LogP contribution in [0.5, 0.6) is 0 Å². The third kappa shape index (κ3) is 1.37. The van der Waals surface area contributed by atoms with Gasteiger partial charge >= 0.3 is 0 Å².